The summed E-state index contributed by atoms with van der Waals surface area (Å²) in [4.78, 5) is 0. The Morgan fingerprint density at radius 1 is 1.21 bits per heavy atom. The van der Waals surface area contributed by atoms with Crippen molar-refractivity contribution in [3.05, 3.63) is 28.2 Å². The molecule has 0 bridgehead atoms. The van der Waals surface area contributed by atoms with E-state index in [1.54, 1.807) is 7.11 Å². The Balaban J connectivity index is 2.33. The van der Waals surface area contributed by atoms with E-state index in [1.807, 2.05) is 6.07 Å². The van der Waals surface area contributed by atoms with Gasteiger partial charge in [0.05, 0.1) is 11.6 Å². The zero-order chi connectivity index (χ0) is 14.3. The van der Waals surface area contributed by atoms with Gasteiger partial charge in [0.2, 0.25) is 0 Å². The molecule has 0 spiro atoms. The highest BCUT2D eigenvalue weighted by molar-refractivity contribution is 9.10. The van der Waals surface area contributed by atoms with Gasteiger partial charge in [0.1, 0.15) is 5.75 Å². The Bertz CT molecular complexity index is 379. The number of nitrogens with one attached hydrogen (secondary N) is 1. The van der Waals surface area contributed by atoms with E-state index in [0.717, 1.165) is 22.7 Å². The van der Waals surface area contributed by atoms with Crippen molar-refractivity contribution in [3.63, 3.8) is 0 Å². The van der Waals surface area contributed by atoms with Gasteiger partial charge in [0.15, 0.2) is 0 Å². The Labute approximate surface area is 126 Å². The summed E-state index contributed by atoms with van der Waals surface area (Å²) in [6.45, 7) is 7.74. The van der Waals surface area contributed by atoms with Gasteiger partial charge in [-0.3, -0.25) is 0 Å². The van der Waals surface area contributed by atoms with E-state index < -0.39 is 0 Å². The van der Waals surface area contributed by atoms with Crippen LogP contribution in [0, 0.1) is 5.92 Å². The average molecular weight is 328 g/mol. The highest BCUT2D eigenvalue weighted by Crippen LogP contribution is 2.25. The molecule has 108 valence electrons. The summed E-state index contributed by atoms with van der Waals surface area (Å²) in [5.41, 5.74) is 1.28. The Kier molecular flexibility index (Phi) is 7.47. The second kappa shape index (κ2) is 8.60. The first-order chi connectivity index (χ1) is 9.02. The van der Waals surface area contributed by atoms with E-state index >= 15 is 0 Å². The van der Waals surface area contributed by atoms with Crippen LogP contribution in [0.15, 0.2) is 22.7 Å². The third-order valence-corrected chi connectivity index (χ3v) is 3.91. The number of hydrogen-bond donors (Lipinski definition) is 1. The molecule has 1 aromatic carbocycles. The van der Waals surface area contributed by atoms with E-state index in [0.29, 0.717) is 6.04 Å². The topological polar surface area (TPSA) is 21.3 Å². The first-order valence-corrected chi connectivity index (χ1v) is 7.88. The fraction of sp³-hybridized carbons (Fsp3) is 0.625. The lowest BCUT2D eigenvalue weighted by molar-refractivity contribution is 0.411. The van der Waals surface area contributed by atoms with Crippen molar-refractivity contribution >= 4 is 15.9 Å². The molecule has 1 rings (SSSR count). The SMILES string of the molecule is COc1ccc(CNC(C)CCCC(C)C)cc1Br. The lowest BCUT2D eigenvalue weighted by Crippen LogP contribution is -2.25. The van der Waals surface area contributed by atoms with Gasteiger partial charge in [0.25, 0.3) is 0 Å². The molecule has 0 fully saturated rings. The number of hydrogen-bond acceptors (Lipinski definition) is 2. The molecule has 1 unspecified atom stereocenters. The standard InChI is InChI=1S/C16H26BrNO/c1-12(2)6-5-7-13(3)18-11-14-8-9-16(19-4)15(17)10-14/h8-10,12-13,18H,5-7,11H2,1-4H3. The molecule has 0 amide bonds. The van der Waals surface area contributed by atoms with Crippen LogP contribution in [0.25, 0.3) is 0 Å². The molecule has 0 aliphatic carbocycles. The summed E-state index contributed by atoms with van der Waals surface area (Å²) < 4.78 is 6.25. The molecule has 0 saturated heterocycles. The third-order valence-electron chi connectivity index (χ3n) is 3.29. The van der Waals surface area contributed by atoms with Crippen LogP contribution in [-0.2, 0) is 6.54 Å². The maximum Gasteiger partial charge on any atom is 0.133 e. The normalized spacial score (nSPS) is 12.7. The lowest BCUT2D eigenvalue weighted by Gasteiger charge is -2.15. The van der Waals surface area contributed by atoms with Crippen LogP contribution < -0.4 is 10.1 Å². The van der Waals surface area contributed by atoms with Gasteiger partial charge in [-0.1, -0.05) is 32.8 Å². The zero-order valence-corrected chi connectivity index (χ0v) is 14.1. The molecule has 0 radical (unpaired) electrons. The molecule has 0 heterocycles. The minimum atomic E-state index is 0.569. The maximum atomic E-state index is 5.23. The fourth-order valence-electron chi connectivity index (χ4n) is 2.05. The van der Waals surface area contributed by atoms with E-state index in [4.69, 9.17) is 4.74 Å². The van der Waals surface area contributed by atoms with Crippen molar-refractivity contribution in [2.24, 2.45) is 5.92 Å². The van der Waals surface area contributed by atoms with Gasteiger partial charge in [0, 0.05) is 12.6 Å². The molecule has 1 atom stereocenters. The van der Waals surface area contributed by atoms with Crippen molar-refractivity contribution in [1.29, 1.82) is 0 Å². The number of halogens is 1. The van der Waals surface area contributed by atoms with Crippen LogP contribution >= 0.6 is 15.9 Å². The number of methoxy groups -OCH3 is 1. The van der Waals surface area contributed by atoms with Gasteiger partial charge in [-0.15, -0.1) is 0 Å². The summed E-state index contributed by atoms with van der Waals surface area (Å²) in [5, 5.41) is 3.58. The highest BCUT2D eigenvalue weighted by Gasteiger charge is 2.05. The van der Waals surface area contributed by atoms with Crippen molar-refractivity contribution < 1.29 is 4.74 Å². The van der Waals surface area contributed by atoms with Crippen molar-refractivity contribution in [2.45, 2.75) is 52.6 Å². The van der Waals surface area contributed by atoms with Crippen LogP contribution in [-0.4, -0.2) is 13.2 Å². The number of rotatable bonds is 8. The summed E-state index contributed by atoms with van der Waals surface area (Å²) >= 11 is 3.52. The maximum absolute atomic E-state index is 5.23. The minimum absolute atomic E-state index is 0.569. The molecule has 2 nitrogen and oxygen atoms in total. The van der Waals surface area contributed by atoms with Crippen LogP contribution in [0.3, 0.4) is 0 Å². The number of benzene rings is 1. The van der Waals surface area contributed by atoms with Gasteiger partial charge in [-0.2, -0.15) is 0 Å². The third kappa shape index (κ3) is 6.44. The van der Waals surface area contributed by atoms with Crippen molar-refractivity contribution in [2.75, 3.05) is 7.11 Å². The molecule has 1 N–H and O–H groups in total. The van der Waals surface area contributed by atoms with Gasteiger partial charge < -0.3 is 10.1 Å². The van der Waals surface area contributed by atoms with E-state index in [9.17, 15) is 0 Å². The average Bonchev–Trinajstić information content (AvgIpc) is 2.36. The van der Waals surface area contributed by atoms with Crippen LogP contribution in [0.2, 0.25) is 0 Å². The van der Waals surface area contributed by atoms with Gasteiger partial charge >= 0.3 is 0 Å². The first kappa shape index (κ1) is 16.5. The predicted molar refractivity (Wildman–Crippen MR) is 85.7 cm³/mol. The smallest absolute Gasteiger partial charge is 0.133 e. The zero-order valence-electron chi connectivity index (χ0n) is 12.5. The van der Waals surface area contributed by atoms with Crippen molar-refractivity contribution in [3.8, 4) is 5.75 Å². The summed E-state index contributed by atoms with van der Waals surface area (Å²) in [6.07, 6.45) is 3.87. The van der Waals surface area contributed by atoms with Crippen molar-refractivity contribution in [1.82, 2.24) is 5.32 Å². The van der Waals surface area contributed by atoms with Gasteiger partial charge in [-0.05, 0) is 52.9 Å². The molecular formula is C16H26BrNO. The molecule has 19 heavy (non-hydrogen) atoms. The summed E-state index contributed by atoms with van der Waals surface area (Å²) in [5.74, 6) is 1.69. The second-order valence-electron chi connectivity index (χ2n) is 5.58. The molecule has 3 heteroatoms. The van der Waals surface area contributed by atoms with E-state index in [1.165, 1.54) is 24.8 Å². The summed E-state index contributed by atoms with van der Waals surface area (Å²) in [6, 6.07) is 6.80. The van der Waals surface area contributed by atoms with Crippen LogP contribution in [0.4, 0.5) is 0 Å². The van der Waals surface area contributed by atoms with E-state index in [-0.39, 0.29) is 0 Å². The largest absolute Gasteiger partial charge is 0.496 e. The predicted octanol–water partition coefficient (Wildman–Crippen LogP) is 4.76. The number of ether oxygens (including phenoxy) is 1. The fourth-order valence-corrected chi connectivity index (χ4v) is 2.63. The molecule has 0 saturated carbocycles. The quantitative estimate of drug-likeness (QED) is 0.743. The Hall–Kier alpha value is -0.540. The molecule has 0 aromatic heterocycles. The summed E-state index contributed by atoms with van der Waals surface area (Å²) in [7, 11) is 1.69. The molecule has 1 aromatic rings. The first-order valence-electron chi connectivity index (χ1n) is 7.08. The lowest BCUT2D eigenvalue weighted by atomic mass is 10.0. The monoisotopic (exact) mass is 327 g/mol. The Morgan fingerprint density at radius 3 is 2.53 bits per heavy atom. The molecular weight excluding hydrogens is 302 g/mol. The molecule has 0 aliphatic rings. The highest BCUT2D eigenvalue weighted by atomic mass is 79.9. The molecule has 0 aliphatic heterocycles. The Morgan fingerprint density at radius 2 is 1.95 bits per heavy atom. The van der Waals surface area contributed by atoms with E-state index in [2.05, 4.69) is 54.2 Å². The minimum Gasteiger partial charge on any atom is -0.496 e. The second-order valence-corrected chi connectivity index (χ2v) is 6.43. The van der Waals surface area contributed by atoms with Crippen LogP contribution in [0.5, 0.6) is 5.75 Å². The van der Waals surface area contributed by atoms with Gasteiger partial charge in [-0.25, -0.2) is 0 Å². The van der Waals surface area contributed by atoms with Crippen LogP contribution in [0.1, 0.15) is 45.6 Å².